The summed E-state index contributed by atoms with van der Waals surface area (Å²) < 4.78 is 0. The van der Waals surface area contributed by atoms with E-state index in [-0.39, 0.29) is 18.0 Å². The molecule has 0 bridgehead atoms. The van der Waals surface area contributed by atoms with Crippen molar-refractivity contribution in [3.05, 3.63) is 33.8 Å². The topological polar surface area (TPSA) is 61.4 Å². The minimum Gasteiger partial charge on any atom is -0.392 e. The zero-order chi connectivity index (χ0) is 14.0. The lowest BCUT2D eigenvalue weighted by Gasteiger charge is -2.18. The molecule has 0 aliphatic carbocycles. The van der Waals surface area contributed by atoms with Gasteiger partial charge in [-0.25, -0.2) is 0 Å². The van der Waals surface area contributed by atoms with E-state index in [1.807, 2.05) is 13.0 Å². The molecule has 1 fully saturated rings. The molecule has 19 heavy (non-hydrogen) atoms. The minimum atomic E-state index is -0.448. The SMILES string of the molecule is C[C@H](NC(=O)[C@@H]1C[C@H](O)CN1)c1ccc(Cl)c(Cl)c1. The van der Waals surface area contributed by atoms with E-state index in [2.05, 4.69) is 10.6 Å². The van der Waals surface area contributed by atoms with Crippen molar-refractivity contribution < 1.29 is 9.90 Å². The third-order valence-electron chi connectivity index (χ3n) is 3.23. The summed E-state index contributed by atoms with van der Waals surface area (Å²) >= 11 is 11.8. The van der Waals surface area contributed by atoms with Crippen molar-refractivity contribution >= 4 is 29.1 Å². The Labute approximate surface area is 122 Å². The Kier molecular flexibility index (Phi) is 4.68. The first-order valence-corrected chi connectivity index (χ1v) is 6.89. The third kappa shape index (κ3) is 3.60. The van der Waals surface area contributed by atoms with Gasteiger partial charge in [0, 0.05) is 6.54 Å². The molecule has 1 aromatic carbocycles. The zero-order valence-electron chi connectivity index (χ0n) is 10.5. The van der Waals surface area contributed by atoms with Crippen LogP contribution in [-0.4, -0.2) is 29.7 Å². The van der Waals surface area contributed by atoms with Crippen LogP contribution >= 0.6 is 23.2 Å². The molecular weight excluding hydrogens is 287 g/mol. The van der Waals surface area contributed by atoms with Crippen LogP contribution in [0.5, 0.6) is 0 Å². The molecule has 6 heteroatoms. The summed E-state index contributed by atoms with van der Waals surface area (Å²) in [4.78, 5) is 12.0. The number of benzene rings is 1. The van der Waals surface area contributed by atoms with E-state index in [1.54, 1.807) is 12.1 Å². The average Bonchev–Trinajstić information content (AvgIpc) is 2.79. The van der Waals surface area contributed by atoms with Crippen LogP contribution in [0.1, 0.15) is 24.9 Å². The first-order chi connectivity index (χ1) is 8.97. The normalized spacial score (nSPS) is 24.2. The molecule has 0 saturated carbocycles. The van der Waals surface area contributed by atoms with Gasteiger partial charge < -0.3 is 15.7 Å². The van der Waals surface area contributed by atoms with Crippen molar-refractivity contribution in [3.8, 4) is 0 Å². The first-order valence-electron chi connectivity index (χ1n) is 6.14. The van der Waals surface area contributed by atoms with Crippen LogP contribution in [0, 0.1) is 0 Å². The van der Waals surface area contributed by atoms with Gasteiger partial charge in [0.25, 0.3) is 0 Å². The van der Waals surface area contributed by atoms with Gasteiger partial charge in [-0.15, -0.1) is 0 Å². The Balaban J connectivity index is 1.98. The summed E-state index contributed by atoms with van der Waals surface area (Å²) in [6, 6.07) is 4.78. The largest absolute Gasteiger partial charge is 0.392 e. The molecule has 3 N–H and O–H groups in total. The van der Waals surface area contributed by atoms with Crippen molar-refractivity contribution in [3.63, 3.8) is 0 Å². The summed E-state index contributed by atoms with van der Waals surface area (Å²) in [5.41, 5.74) is 0.890. The third-order valence-corrected chi connectivity index (χ3v) is 3.97. The Bertz CT molecular complexity index is 482. The standard InChI is InChI=1S/C13H16Cl2N2O2/c1-7(8-2-3-10(14)11(15)4-8)17-13(19)12-5-9(18)6-16-12/h2-4,7,9,12,16,18H,5-6H2,1H3,(H,17,19)/t7-,9-,12-/m0/s1. The maximum absolute atomic E-state index is 12.0. The monoisotopic (exact) mass is 302 g/mol. The summed E-state index contributed by atoms with van der Waals surface area (Å²) in [5.74, 6) is -0.116. The number of hydrogen-bond acceptors (Lipinski definition) is 3. The molecule has 0 aromatic heterocycles. The highest BCUT2D eigenvalue weighted by molar-refractivity contribution is 6.42. The summed E-state index contributed by atoms with van der Waals surface area (Å²) in [6.45, 7) is 2.34. The van der Waals surface area contributed by atoms with Crippen LogP contribution < -0.4 is 10.6 Å². The molecule has 0 spiro atoms. The number of amides is 1. The lowest BCUT2D eigenvalue weighted by molar-refractivity contribution is -0.123. The second-order valence-corrected chi connectivity index (χ2v) is 5.57. The fourth-order valence-electron chi connectivity index (χ4n) is 2.10. The number of carbonyl (C=O) groups is 1. The maximum atomic E-state index is 12.0. The molecule has 0 radical (unpaired) electrons. The first kappa shape index (κ1) is 14.6. The predicted octanol–water partition coefficient (Wildman–Crippen LogP) is 1.89. The smallest absolute Gasteiger partial charge is 0.237 e. The van der Waals surface area contributed by atoms with Gasteiger partial charge in [0.1, 0.15) is 0 Å². The number of aliphatic hydroxyl groups is 1. The number of nitrogens with one attached hydrogen (secondary N) is 2. The minimum absolute atomic E-state index is 0.116. The number of hydrogen-bond donors (Lipinski definition) is 3. The molecular formula is C13H16Cl2N2O2. The molecule has 2 rings (SSSR count). The summed E-state index contributed by atoms with van der Waals surface area (Å²) in [6.07, 6.45) is -0.00375. The maximum Gasteiger partial charge on any atom is 0.237 e. The highest BCUT2D eigenvalue weighted by Crippen LogP contribution is 2.25. The quantitative estimate of drug-likeness (QED) is 0.799. The molecule has 1 heterocycles. The molecule has 1 aromatic rings. The molecule has 1 saturated heterocycles. The van der Waals surface area contributed by atoms with Gasteiger partial charge in [0.2, 0.25) is 5.91 Å². The summed E-state index contributed by atoms with van der Waals surface area (Å²) in [7, 11) is 0. The van der Waals surface area contributed by atoms with Gasteiger partial charge in [-0.05, 0) is 31.0 Å². The van der Waals surface area contributed by atoms with E-state index in [1.165, 1.54) is 0 Å². The zero-order valence-corrected chi connectivity index (χ0v) is 12.0. The fraction of sp³-hybridized carbons (Fsp3) is 0.462. The van der Waals surface area contributed by atoms with Crippen LogP contribution in [0.15, 0.2) is 18.2 Å². The fourth-order valence-corrected chi connectivity index (χ4v) is 2.40. The van der Waals surface area contributed by atoms with E-state index in [0.29, 0.717) is 23.0 Å². The predicted molar refractivity (Wildman–Crippen MR) is 75.4 cm³/mol. The van der Waals surface area contributed by atoms with Gasteiger partial charge in [-0.1, -0.05) is 29.3 Å². The lowest BCUT2D eigenvalue weighted by Crippen LogP contribution is -2.41. The second-order valence-electron chi connectivity index (χ2n) is 4.75. The molecule has 1 aliphatic heterocycles. The van der Waals surface area contributed by atoms with Gasteiger partial charge in [-0.2, -0.15) is 0 Å². The number of halogens is 2. The van der Waals surface area contributed by atoms with Crippen molar-refractivity contribution in [1.82, 2.24) is 10.6 Å². The highest BCUT2D eigenvalue weighted by atomic mass is 35.5. The van der Waals surface area contributed by atoms with Crippen molar-refractivity contribution in [2.45, 2.75) is 31.5 Å². The molecule has 3 atom stereocenters. The van der Waals surface area contributed by atoms with E-state index in [4.69, 9.17) is 23.2 Å². The molecule has 0 unspecified atom stereocenters. The Morgan fingerprint density at radius 1 is 1.47 bits per heavy atom. The van der Waals surface area contributed by atoms with Crippen LogP contribution in [0.4, 0.5) is 0 Å². The van der Waals surface area contributed by atoms with Gasteiger partial charge >= 0.3 is 0 Å². The summed E-state index contributed by atoms with van der Waals surface area (Å²) in [5, 5.41) is 16.2. The highest BCUT2D eigenvalue weighted by Gasteiger charge is 2.28. The van der Waals surface area contributed by atoms with Crippen LogP contribution in [0.3, 0.4) is 0 Å². The van der Waals surface area contributed by atoms with Crippen LogP contribution in [-0.2, 0) is 4.79 Å². The lowest BCUT2D eigenvalue weighted by atomic mass is 10.1. The number of rotatable bonds is 3. The average molecular weight is 303 g/mol. The van der Waals surface area contributed by atoms with Crippen molar-refractivity contribution in [2.24, 2.45) is 0 Å². The molecule has 4 nitrogen and oxygen atoms in total. The van der Waals surface area contributed by atoms with Crippen molar-refractivity contribution in [2.75, 3.05) is 6.54 Å². The van der Waals surface area contributed by atoms with E-state index in [9.17, 15) is 9.90 Å². The number of β-amino-alcohol motifs (C(OH)–C–C–N with tert-alkyl or cyclic N) is 1. The molecule has 1 aliphatic rings. The van der Waals surface area contributed by atoms with Gasteiger partial charge in [0.15, 0.2) is 0 Å². The van der Waals surface area contributed by atoms with Crippen LogP contribution in [0.2, 0.25) is 10.0 Å². The second kappa shape index (κ2) is 6.09. The van der Waals surface area contributed by atoms with Crippen LogP contribution in [0.25, 0.3) is 0 Å². The van der Waals surface area contributed by atoms with E-state index >= 15 is 0 Å². The van der Waals surface area contributed by atoms with Crippen molar-refractivity contribution in [1.29, 1.82) is 0 Å². The van der Waals surface area contributed by atoms with Gasteiger partial charge in [0.05, 0.1) is 28.2 Å². The number of carbonyl (C=O) groups excluding carboxylic acids is 1. The Hall–Kier alpha value is -0.810. The van der Waals surface area contributed by atoms with E-state index < -0.39 is 6.10 Å². The Morgan fingerprint density at radius 3 is 2.79 bits per heavy atom. The Morgan fingerprint density at radius 2 is 2.21 bits per heavy atom. The number of aliphatic hydroxyl groups excluding tert-OH is 1. The van der Waals surface area contributed by atoms with Gasteiger partial charge in [-0.3, -0.25) is 4.79 Å². The molecule has 1 amide bonds. The van der Waals surface area contributed by atoms with E-state index in [0.717, 1.165) is 5.56 Å². The molecule has 104 valence electrons.